The van der Waals surface area contributed by atoms with Crippen LogP contribution in [0.5, 0.6) is 0 Å². The number of nitrogen functional groups attached to an aromatic ring is 1. The molecule has 6 heteroatoms. The number of anilines is 2. The minimum atomic E-state index is 0.494. The molecule has 0 radical (unpaired) electrons. The third-order valence-corrected chi connectivity index (χ3v) is 3.87. The summed E-state index contributed by atoms with van der Waals surface area (Å²) in [5, 5.41) is 11.0. The van der Waals surface area contributed by atoms with Crippen LogP contribution in [0.25, 0.3) is 22.0 Å². The normalized spacial score (nSPS) is 10.8. The highest BCUT2D eigenvalue weighted by atomic mass is 15.1. The van der Waals surface area contributed by atoms with Gasteiger partial charge in [0.2, 0.25) is 5.95 Å². The molecule has 4 aromatic rings. The van der Waals surface area contributed by atoms with Crippen LogP contribution in [0, 0.1) is 0 Å². The van der Waals surface area contributed by atoms with Crippen molar-refractivity contribution in [2.24, 2.45) is 0 Å². The van der Waals surface area contributed by atoms with Crippen LogP contribution in [0.3, 0.4) is 0 Å². The van der Waals surface area contributed by atoms with E-state index in [0.717, 1.165) is 22.0 Å². The van der Waals surface area contributed by atoms with E-state index in [9.17, 15) is 0 Å². The van der Waals surface area contributed by atoms with Crippen LogP contribution in [0.2, 0.25) is 0 Å². The Bertz CT molecular complexity index is 960. The number of aromatic amines is 1. The monoisotopic (exact) mass is 316 g/mol. The van der Waals surface area contributed by atoms with Crippen molar-refractivity contribution in [2.45, 2.75) is 6.54 Å². The molecule has 0 atom stereocenters. The van der Waals surface area contributed by atoms with Crippen molar-refractivity contribution in [1.82, 2.24) is 20.2 Å². The number of nitrogens with two attached hydrogens (primary N) is 1. The molecule has 0 aliphatic rings. The number of hydrogen-bond acceptors (Lipinski definition) is 5. The predicted molar refractivity (Wildman–Crippen MR) is 95.3 cm³/mol. The predicted octanol–water partition coefficient (Wildman–Crippen LogP) is 3.21. The highest BCUT2D eigenvalue weighted by molar-refractivity contribution is 5.92. The van der Waals surface area contributed by atoms with Crippen molar-refractivity contribution in [2.75, 3.05) is 11.1 Å². The largest absolute Gasteiger partial charge is 0.382 e. The quantitative estimate of drug-likeness (QED) is 0.537. The maximum Gasteiger partial charge on any atom is 0.222 e. The number of fused-ring (bicyclic) bond motifs is 1. The Morgan fingerprint density at radius 2 is 1.75 bits per heavy atom. The van der Waals surface area contributed by atoms with E-state index in [1.54, 1.807) is 12.4 Å². The third-order valence-electron chi connectivity index (χ3n) is 3.87. The molecule has 118 valence electrons. The maximum absolute atomic E-state index is 5.86. The van der Waals surface area contributed by atoms with Crippen LogP contribution in [-0.2, 0) is 6.54 Å². The molecule has 4 N–H and O–H groups in total. The van der Waals surface area contributed by atoms with E-state index >= 15 is 0 Å². The lowest BCUT2D eigenvalue weighted by Crippen LogP contribution is -2.03. The SMILES string of the molecule is Nc1n[nH]c2ccc(-c3cnc(NCc4ccccc4)nc3)cc12. The van der Waals surface area contributed by atoms with Gasteiger partial charge in [0.15, 0.2) is 5.82 Å². The second-order valence-electron chi connectivity index (χ2n) is 5.50. The molecule has 2 aromatic heterocycles. The smallest absolute Gasteiger partial charge is 0.222 e. The number of rotatable bonds is 4. The average Bonchev–Trinajstić information content (AvgIpc) is 3.02. The topological polar surface area (TPSA) is 92.5 Å². The number of hydrogen-bond donors (Lipinski definition) is 3. The molecule has 0 saturated carbocycles. The van der Waals surface area contributed by atoms with Crippen LogP contribution >= 0.6 is 0 Å². The van der Waals surface area contributed by atoms with Gasteiger partial charge in [0.05, 0.1) is 5.52 Å². The molecular formula is C18H16N6. The molecule has 0 saturated heterocycles. The fraction of sp³-hybridized carbons (Fsp3) is 0.0556. The van der Waals surface area contributed by atoms with Crippen LogP contribution in [0.4, 0.5) is 11.8 Å². The van der Waals surface area contributed by atoms with Gasteiger partial charge in [0, 0.05) is 29.9 Å². The van der Waals surface area contributed by atoms with Gasteiger partial charge in [-0.15, -0.1) is 0 Å². The summed E-state index contributed by atoms with van der Waals surface area (Å²) in [5.41, 5.74) is 9.90. The fourth-order valence-corrected chi connectivity index (χ4v) is 2.56. The molecule has 2 heterocycles. The van der Waals surface area contributed by atoms with E-state index in [2.05, 4.69) is 37.6 Å². The average molecular weight is 316 g/mol. The Hall–Kier alpha value is -3.41. The number of benzene rings is 2. The second-order valence-corrected chi connectivity index (χ2v) is 5.50. The highest BCUT2D eigenvalue weighted by Gasteiger charge is 2.06. The van der Waals surface area contributed by atoms with Gasteiger partial charge in [0.25, 0.3) is 0 Å². The minimum absolute atomic E-state index is 0.494. The number of nitrogens with zero attached hydrogens (tertiary/aromatic N) is 3. The fourth-order valence-electron chi connectivity index (χ4n) is 2.56. The number of H-pyrrole nitrogens is 1. The molecule has 0 bridgehead atoms. The summed E-state index contributed by atoms with van der Waals surface area (Å²) in [4.78, 5) is 8.77. The second kappa shape index (κ2) is 6.00. The van der Waals surface area contributed by atoms with Crippen LogP contribution in [0.1, 0.15) is 5.56 Å². The van der Waals surface area contributed by atoms with Gasteiger partial charge in [-0.3, -0.25) is 5.10 Å². The molecule has 4 rings (SSSR count). The molecule has 0 aliphatic carbocycles. The first-order valence-corrected chi connectivity index (χ1v) is 7.63. The van der Waals surface area contributed by atoms with Gasteiger partial charge in [-0.2, -0.15) is 5.10 Å². The van der Waals surface area contributed by atoms with Crippen LogP contribution in [0.15, 0.2) is 60.9 Å². The van der Waals surface area contributed by atoms with E-state index in [1.165, 1.54) is 5.56 Å². The molecule has 0 spiro atoms. The summed E-state index contributed by atoms with van der Waals surface area (Å²) in [7, 11) is 0. The summed E-state index contributed by atoms with van der Waals surface area (Å²) in [5.74, 6) is 1.10. The van der Waals surface area contributed by atoms with Gasteiger partial charge in [-0.25, -0.2) is 9.97 Å². The molecule has 0 amide bonds. The zero-order valence-corrected chi connectivity index (χ0v) is 12.9. The standard InChI is InChI=1S/C18H16N6/c19-17-15-8-13(6-7-16(15)23-24-17)14-10-21-18(22-11-14)20-9-12-4-2-1-3-5-12/h1-8,10-11H,9H2,(H3,19,23,24)(H,20,21,22). The van der Waals surface area contributed by atoms with Crippen LogP contribution < -0.4 is 11.1 Å². The first-order valence-electron chi connectivity index (χ1n) is 7.63. The Morgan fingerprint density at radius 1 is 0.958 bits per heavy atom. The molecule has 2 aromatic carbocycles. The highest BCUT2D eigenvalue weighted by Crippen LogP contribution is 2.25. The van der Waals surface area contributed by atoms with Gasteiger partial charge >= 0.3 is 0 Å². The lowest BCUT2D eigenvalue weighted by Gasteiger charge is -2.06. The number of nitrogens with one attached hydrogen (secondary N) is 2. The van der Waals surface area contributed by atoms with Crippen molar-refractivity contribution in [3.8, 4) is 11.1 Å². The third kappa shape index (κ3) is 2.77. The zero-order chi connectivity index (χ0) is 16.4. The van der Waals surface area contributed by atoms with Gasteiger partial charge in [-0.05, 0) is 23.3 Å². The summed E-state index contributed by atoms with van der Waals surface area (Å²) < 4.78 is 0. The van der Waals surface area contributed by atoms with Crippen LogP contribution in [-0.4, -0.2) is 20.2 Å². The molecule has 24 heavy (non-hydrogen) atoms. The van der Waals surface area contributed by atoms with Gasteiger partial charge in [-0.1, -0.05) is 36.4 Å². The molecular weight excluding hydrogens is 300 g/mol. The first kappa shape index (κ1) is 14.2. The van der Waals surface area contributed by atoms with E-state index in [0.29, 0.717) is 18.3 Å². The summed E-state index contributed by atoms with van der Waals surface area (Å²) in [6, 6.07) is 16.1. The van der Waals surface area contributed by atoms with Gasteiger partial charge < -0.3 is 11.1 Å². The Balaban J connectivity index is 1.53. The van der Waals surface area contributed by atoms with Crippen molar-refractivity contribution >= 4 is 22.7 Å². The molecule has 0 unspecified atom stereocenters. The van der Waals surface area contributed by atoms with E-state index in [-0.39, 0.29) is 0 Å². The summed E-state index contributed by atoms with van der Waals surface area (Å²) >= 11 is 0. The molecule has 0 fully saturated rings. The summed E-state index contributed by atoms with van der Waals surface area (Å²) in [6.45, 7) is 0.692. The lowest BCUT2D eigenvalue weighted by atomic mass is 10.1. The first-order chi connectivity index (χ1) is 11.8. The Kier molecular flexibility index (Phi) is 3.55. The summed E-state index contributed by atoms with van der Waals surface area (Å²) in [6.07, 6.45) is 3.61. The van der Waals surface area contributed by atoms with E-state index in [4.69, 9.17) is 5.73 Å². The van der Waals surface area contributed by atoms with Crippen molar-refractivity contribution in [3.63, 3.8) is 0 Å². The maximum atomic E-state index is 5.86. The number of aromatic nitrogens is 4. The van der Waals surface area contributed by atoms with Crippen molar-refractivity contribution < 1.29 is 0 Å². The lowest BCUT2D eigenvalue weighted by molar-refractivity contribution is 1.06. The molecule has 6 nitrogen and oxygen atoms in total. The van der Waals surface area contributed by atoms with E-state index < -0.39 is 0 Å². The van der Waals surface area contributed by atoms with E-state index in [1.807, 2.05) is 36.4 Å². The Morgan fingerprint density at radius 3 is 2.54 bits per heavy atom. The van der Waals surface area contributed by atoms with Crippen molar-refractivity contribution in [1.29, 1.82) is 0 Å². The van der Waals surface area contributed by atoms with Crippen molar-refractivity contribution in [3.05, 3.63) is 66.5 Å². The Labute approximate surface area is 138 Å². The minimum Gasteiger partial charge on any atom is -0.382 e. The zero-order valence-electron chi connectivity index (χ0n) is 12.9. The molecule has 0 aliphatic heterocycles. The van der Waals surface area contributed by atoms with Gasteiger partial charge in [0.1, 0.15) is 0 Å².